The molecule has 28 heavy (non-hydrogen) atoms. The molecule has 150 valence electrons. The average molecular weight is 386 g/mol. The van der Waals surface area contributed by atoms with Crippen molar-refractivity contribution in [2.24, 2.45) is 7.05 Å². The van der Waals surface area contributed by atoms with E-state index in [2.05, 4.69) is 5.10 Å². The highest BCUT2D eigenvalue weighted by atomic mass is 16.3. The van der Waals surface area contributed by atoms with E-state index in [1.807, 2.05) is 25.9 Å². The maximum Gasteiger partial charge on any atom is 0.295 e. The van der Waals surface area contributed by atoms with Crippen molar-refractivity contribution in [3.8, 4) is 0 Å². The van der Waals surface area contributed by atoms with E-state index in [0.29, 0.717) is 35.7 Å². The first-order valence-electron chi connectivity index (χ1n) is 9.21. The van der Waals surface area contributed by atoms with Gasteiger partial charge in [-0.2, -0.15) is 5.10 Å². The van der Waals surface area contributed by atoms with Gasteiger partial charge in [-0.1, -0.05) is 0 Å². The topological polar surface area (TPSA) is 91.8 Å². The van der Waals surface area contributed by atoms with Gasteiger partial charge in [0, 0.05) is 19.3 Å². The average Bonchev–Trinajstić information content (AvgIpc) is 3.29. The lowest BCUT2D eigenvalue weighted by molar-refractivity contribution is -0.140. The standard InChI is InChI=1S/C20H26N4O4/c1-12-15(13(2)23(5)21-12)18(25)16-17(14-8-6-11-28-14)24(20(27)19(16)26)10-7-9-22(3)4/h6,8,11,17,25H,7,9-10H2,1-5H3/t17-/m1/s1. The number of carbonyl (C=O) groups is 2. The Morgan fingerprint density at radius 3 is 2.57 bits per heavy atom. The van der Waals surface area contributed by atoms with Gasteiger partial charge in [-0.05, 0) is 53.0 Å². The van der Waals surface area contributed by atoms with Crippen LogP contribution in [0.1, 0.15) is 35.2 Å². The Hall–Kier alpha value is -2.87. The zero-order valence-electron chi connectivity index (χ0n) is 16.9. The molecule has 1 amide bonds. The number of amides is 1. The summed E-state index contributed by atoms with van der Waals surface area (Å²) in [5.74, 6) is -1.09. The monoisotopic (exact) mass is 386 g/mol. The van der Waals surface area contributed by atoms with Crippen LogP contribution < -0.4 is 0 Å². The molecule has 1 saturated heterocycles. The maximum atomic E-state index is 12.9. The fraction of sp³-hybridized carbons (Fsp3) is 0.450. The Balaban J connectivity index is 2.10. The number of Topliss-reactive ketones (excluding diaryl/α,β-unsaturated/α-hetero) is 1. The minimum atomic E-state index is -0.754. The van der Waals surface area contributed by atoms with Gasteiger partial charge in [-0.15, -0.1) is 0 Å². The van der Waals surface area contributed by atoms with Crippen molar-refractivity contribution in [3.63, 3.8) is 0 Å². The van der Waals surface area contributed by atoms with Gasteiger partial charge in [0.2, 0.25) is 0 Å². The fourth-order valence-corrected chi connectivity index (χ4v) is 3.66. The van der Waals surface area contributed by atoms with Crippen LogP contribution in [-0.2, 0) is 16.6 Å². The molecule has 0 aromatic carbocycles. The summed E-state index contributed by atoms with van der Waals surface area (Å²) in [5.41, 5.74) is 1.83. The van der Waals surface area contributed by atoms with Gasteiger partial charge in [0.1, 0.15) is 17.6 Å². The van der Waals surface area contributed by atoms with Crippen molar-refractivity contribution in [2.75, 3.05) is 27.2 Å². The number of likely N-dealkylation sites (tertiary alicyclic amines) is 1. The Kier molecular flexibility index (Phi) is 5.42. The number of ketones is 1. The Morgan fingerprint density at radius 1 is 1.32 bits per heavy atom. The van der Waals surface area contributed by atoms with Crippen molar-refractivity contribution in [1.29, 1.82) is 0 Å². The van der Waals surface area contributed by atoms with E-state index >= 15 is 0 Å². The summed E-state index contributed by atoms with van der Waals surface area (Å²) in [6, 6.07) is 2.66. The van der Waals surface area contributed by atoms with E-state index in [4.69, 9.17) is 4.42 Å². The molecule has 1 N–H and O–H groups in total. The number of aryl methyl sites for hydroxylation is 2. The van der Waals surface area contributed by atoms with Gasteiger partial charge in [0.05, 0.1) is 23.1 Å². The summed E-state index contributed by atoms with van der Waals surface area (Å²) < 4.78 is 7.17. The molecule has 1 fully saturated rings. The van der Waals surface area contributed by atoms with Crippen LogP contribution in [0.2, 0.25) is 0 Å². The zero-order chi connectivity index (χ0) is 20.6. The Morgan fingerprint density at radius 2 is 2.04 bits per heavy atom. The van der Waals surface area contributed by atoms with Gasteiger partial charge in [0.25, 0.3) is 11.7 Å². The molecular formula is C20H26N4O4. The van der Waals surface area contributed by atoms with Crippen molar-refractivity contribution < 1.29 is 19.1 Å². The second kappa shape index (κ2) is 7.63. The SMILES string of the molecule is Cc1nn(C)c(C)c1C(O)=C1C(=O)C(=O)N(CCCN(C)C)[C@@H]1c1ccco1. The predicted octanol–water partition coefficient (Wildman–Crippen LogP) is 2.00. The zero-order valence-corrected chi connectivity index (χ0v) is 16.9. The van der Waals surface area contributed by atoms with Crippen LogP contribution in [-0.4, -0.2) is 63.6 Å². The van der Waals surface area contributed by atoms with Gasteiger partial charge < -0.3 is 19.3 Å². The van der Waals surface area contributed by atoms with E-state index in [1.165, 1.54) is 11.2 Å². The fourth-order valence-electron chi connectivity index (χ4n) is 3.66. The number of aliphatic hydroxyl groups excluding tert-OH is 1. The van der Waals surface area contributed by atoms with Crippen LogP contribution in [0.15, 0.2) is 28.4 Å². The Bertz CT molecular complexity index is 924. The number of aromatic nitrogens is 2. The molecule has 0 radical (unpaired) electrons. The van der Waals surface area contributed by atoms with Gasteiger partial charge in [-0.25, -0.2) is 0 Å². The molecule has 3 rings (SSSR count). The summed E-state index contributed by atoms with van der Waals surface area (Å²) in [4.78, 5) is 29.1. The lowest BCUT2D eigenvalue weighted by Crippen LogP contribution is -2.32. The number of carbonyl (C=O) groups excluding carboxylic acids is 2. The van der Waals surface area contributed by atoms with Crippen molar-refractivity contribution in [2.45, 2.75) is 26.3 Å². The number of furan rings is 1. The van der Waals surface area contributed by atoms with Crippen LogP contribution in [0.3, 0.4) is 0 Å². The lowest BCUT2D eigenvalue weighted by Gasteiger charge is -2.24. The number of hydrogen-bond donors (Lipinski definition) is 1. The summed E-state index contributed by atoms with van der Waals surface area (Å²) >= 11 is 0. The molecule has 8 nitrogen and oxygen atoms in total. The number of nitrogens with zero attached hydrogens (tertiary/aromatic N) is 4. The minimum absolute atomic E-state index is 0.0454. The second-order valence-corrected chi connectivity index (χ2v) is 7.33. The molecule has 3 heterocycles. The molecule has 1 aliphatic rings. The largest absolute Gasteiger partial charge is 0.507 e. The number of rotatable bonds is 6. The molecule has 2 aromatic rings. The first kappa shape index (κ1) is 19.9. The van der Waals surface area contributed by atoms with E-state index < -0.39 is 17.7 Å². The highest BCUT2D eigenvalue weighted by molar-refractivity contribution is 6.46. The Labute approximate surface area is 164 Å². The lowest BCUT2D eigenvalue weighted by atomic mass is 9.98. The third-order valence-electron chi connectivity index (χ3n) is 5.10. The van der Waals surface area contributed by atoms with Crippen LogP contribution in [0.5, 0.6) is 0 Å². The molecule has 1 aliphatic heterocycles. The highest BCUT2D eigenvalue weighted by Gasteiger charge is 2.47. The van der Waals surface area contributed by atoms with Crippen LogP contribution >= 0.6 is 0 Å². The highest BCUT2D eigenvalue weighted by Crippen LogP contribution is 2.40. The molecule has 0 unspecified atom stereocenters. The van der Waals surface area contributed by atoms with E-state index in [9.17, 15) is 14.7 Å². The summed E-state index contributed by atoms with van der Waals surface area (Å²) in [7, 11) is 5.67. The smallest absolute Gasteiger partial charge is 0.295 e. The molecule has 0 aliphatic carbocycles. The van der Waals surface area contributed by atoms with Crippen molar-refractivity contribution >= 4 is 17.4 Å². The molecule has 0 bridgehead atoms. The van der Waals surface area contributed by atoms with Crippen LogP contribution in [0.25, 0.3) is 5.76 Å². The van der Waals surface area contributed by atoms with Crippen molar-refractivity contribution in [1.82, 2.24) is 19.6 Å². The molecule has 8 heteroatoms. The molecule has 2 aromatic heterocycles. The minimum Gasteiger partial charge on any atom is -0.507 e. The summed E-state index contributed by atoms with van der Waals surface area (Å²) in [5, 5.41) is 15.4. The van der Waals surface area contributed by atoms with Gasteiger partial charge in [-0.3, -0.25) is 14.3 Å². The number of hydrogen-bond acceptors (Lipinski definition) is 6. The first-order valence-corrected chi connectivity index (χ1v) is 9.21. The van der Waals surface area contributed by atoms with Crippen molar-refractivity contribution in [3.05, 3.63) is 46.7 Å². The quantitative estimate of drug-likeness (QED) is 0.464. The summed E-state index contributed by atoms with van der Waals surface area (Å²) in [6.07, 6.45) is 2.19. The second-order valence-electron chi connectivity index (χ2n) is 7.33. The third kappa shape index (κ3) is 3.35. The number of aliphatic hydroxyl groups is 1. The van der Waals surface area contributed by atoms with Crippen LogP contribution in [0, 0.1) is 13.8 Å². The maximum absolute atomic E-state index is 12.9. The molecule has 0 saturated carbocycles. The summed E-state index contributed by atoms with van der Waals surface area (Å²) in [6.45, 7) is 4.73. The molecular weight excluding hydrogens is 360 g/mol. The normalized spacial score (nSPS) is 19.2. The third-order valence-corrected chi connectivity index (χ3v) is 5.10. The molecule has 0 spiro atoms. The van der Waals surface area contributed by atoms with E-state index in [0.717, 1.165) is 6.54 Å². The van der Waals surface area contributed by atoms with Gasteiger partial charge in [0.15, 0.2) is 0 Å². The van der Waals surface area contributed by atoms with E-state index in [1.54, 1.807) is 30.8 Å². The molecule has 1 atom stereocenters. The van der Waals surface area contributed by atoms with Crippen LogP contribution in [0.4, 0.5) is 0 Å². The predicted molar refractivity (Wildman–Crippen MR) is 104 cm³/mol. The first-order chi connectivity index (χ1) is 13.2. The van der Waals surface area contributed by atoms with Gasteiger partial charge >= 0.3 is 0 Å². The van der Waals surface area contributed by atoms with E-state index in [-0.39, 0.29) is 11.3 Å².